The van der Waals surface area contributed by atoms with E-state index in [0.717, 1.165) is 48.8 Å². The smallest absolute Gasteiger partial charge is 0.186 e. The van der Waals surface area contributed by atoms with Gasteiger partial charge in [0.25, 0.3) is 0 Å². The molecule has 1 aromatic carbocycles. The number of nitrogens with one attached hydrogen (secondary N) is 1. The molecule has 1 saturated heterocycles. The summed E-state index contributed by atoms with van der Waals surface area (Å²) in [5.41, 5.74) is 4.30. The molecule has 29 heavy (non-hydrogen) atoms. The molecule has 0 amide bonds. The molecule has 1 aliphatic rings. The number of ether oxygens (including phenoxy) is 1. The molecule has 2 unspecified atom stereocenters. The number of aromatic nitrogens is 4. The molecule has 3 aromatic heterocycles. The highest BCUT2D eigenvalue weighted by atomic mass is 32.1. The first-order chi connectivity index (χ1) is 14.3. The zero-order valence-electron chi connectivity index (χ0n) is 16.3. The summed E-state index contributed by atoms with van der Waals surface area (Å²) in [7, 11) is 0. The third kappa shape index (κ3) is 3.75. The summed E-state index contributed by atoms with van der Waals surface area (Å²) in [4.78, 5) is 0. The van der Waals surface area contributed by atoms with Gasteiger partial charge in [-0.3, -0.25) is 0 Å². The topological polar surface area (TPSA) is 64.3 Å². The Labute approximate surface area is 173 Å². The molecule has 0 bridgehead atoms. The molecule has 0 spiro atoms. The van der Waals surface area contributed by atoms with E-state index in [1.807, 2.05) is 23.6 Å². The summed E-state index contributed by atoms with van der Waals surface area (Å²) in [6.07, 6.45) is 2.35. The normalized spacial score (nSPS) is 19.5. The van der Waals surface area contributed by atoms with Crippen LogP contribution in [0.2, 0.25) is 0 Å². The van der Waals surface area contributed by atoms with Crippen LogP contribution in [0, 0.1) is 12.8 Å². The number of fused-ring (bicyclic) bond motifs is 1. The third-order valence-corrected chi connectivity index (χ3v) is 6.12. The highest BCUT2D eigenvalue weighted by molar-refractivity contribution is 7.08. The first-order valence-corrected chi connectivity index (χ1v) is 10.9. The number of aryl methyl sites for hydroxylation is 1. The van der Waals surface area contributed by atoms with Gasteiger partial charge in [-0.05, 0) is 48.9 Å². The first kappa shape index (κ1) is 18.3. The highest BCUT2D eigenvalue weighted by Crippen LogP contribution is 2.34. The predicted molar refractivity (Wildman–Crippen MR) is 115 cm³/mol. The van der Waals surface area contributed by atoms with Crippen molar-refractivity contribution in [3.05, 3.63) is 64.4 Å². The van der Waals surface area contributed by atoms with Crippen LogP contribution in [0.4, 0.5) is 5.82 Å². The van der Waals surface area contributed by atoms with Gasteiger partial charge in [-0.2, -0.15) is 15.9 Å². The number of benzene rings is 1. The number of hydrogen-bond acceptors (Lipinski definition) is 6. The van der Waals surface area contributed by atoms with Gasteiger partial charge >= 0.3 is 0 Å². The van der Waals surface area contributed by atoms with E-state index in [-0.39, 0.29) is 6.10 Å². The fraction of sp³-hybridized carbons (Fsp3) is 0.318. The van der Waals surface area contributed by atoms with Crippen molar-refractivity contribution in [1.82, 2.24) is 19.8 Å². The van der Waals surface area contributed by atoms with Gasteiger partial charge in [0, 0.05) is 30.0 Å². The lowest BCUT2D eigenvalue weighted by Crippen LogP contribution is -2.28. The molecule has 4 aromatic rings. The Morgan fingerprint density at radius 2 is 2.03 bits per heavy atom. The zero-order valence-corrected chi connectivity index (χ0v) is 17.1. The van der Waals surface area contributed by atoms with E-state index in [2.05, 4.69) is 52.1 Å². The van der Waals surface area contributed by atoms with Crippen LogP contribution in [0.25, 0.3) is 17.0 Å². The maximum absolute atomic E-state index is 6.15. The third-order valence-electron chi connectivity index (χ3n) is 5.44. The van der Waals surface area contributed by atoms with Gasteiger partial charge in [0.15, 0.2) is 11.5 Å². The van der Waals surface area contributed by atoms with Gasteiger partial charge in [-0.1, -0.05) is 29.8 Å². The van der Waals surface area contributed by atoms with Crippen LogP contribution in [0.1, 0.15) is 30.1 Å². The van der Waals surface area contributed by atoms with Crippen LogP contribution in [-0.2, 0) is 4.74 Å². The maximum Gasteiger partial charge on any atom is 0.186 e. The standard InChI is InChI=1S/C22H23N5OS/c1-15-4-6-16(7-5-15)21-17(3-2-11-28-21)13-23-19-8-9-20-24-25-22(27(20)26-19)18-10-12-29-14-18/h4-10,12,14,17,21H,2-3,11,13H2,1H3,(H,23,26). The van der Waals surface area contributed by atoms with Crippen molar-refractivity contribution in [3.8, 4) is 11.4 Å². The van der Waals surface area contributed by atoms with Crippen molar-refractivity contribution < 1.29 is 4.74 Å². The maximum atomic E-state index is 6.15. The molecule has 0 aliphatic carbocycles. The van der Waals surface area contributed by atoms with Crippen molar-refractivity contribution >= 4 is 22.8 Å². The largest absolute Gasteiger partial charge is 0.373 e. The van der Waals surface area contributed by atoms with Crippen LogP contribution < -0.4 is 5.32 Å². The summed E-state index contributed by atoms with van der Waals surface area (Å²) in [6.45, 7) is 3.75. The number of rotatable bonds is 5. The Hall–Kier alpha value is -2.77. The monoisotopic (exact) mass is 405 g/mol. The Bertz CT molecular complexity index is 1090. The van der Waals surface area contributed by atoms with Gasteiger partial charge in [0.05, 0.1) is 6.10 Å². The summed E-state index contributed by atoms with van der Waals surface area (Å²) < 4.78 is 7.95. The molecule has 0 radical (unpaired) electrons. The molecular weight excluding hydrogens is 382 g/mol. The molecule has 5 rings (SSSR count). The van der Waals surface area contributed by atoms with Gasteiger partial charge < -0.3 is 10.1 Å². The van der Waals surface area contributed by atoms with Gasteiger partial charge in [-0.15, -0.1) is 15.3 Å². The second-order valence-electron chi connectivity index (χ2n) is 7.51. The fourth-order valence-electron chi connectivity index (χ4n) is 3.87. The SMILES string of the molecule is Cc1ccc(C2OCCCC2CNc2ccc3nnc(-c4ccsc4)n3n2)cc1. The van der Waals surface area contributed by atoms with Crippen LogP contribution in [-0.4, -0.2) is 33.0 Å². The molecule has 7 heteroatoms. The Balaban J connectivity index is 1.35. The van der Waals surface area contributed by atoms with Gasteiger partial charge in [0.1, 0.15) is 5.82 Å². The molecule has 4 heterocycles. The highest BCUT2D eigenvalue weighted by Gasteiger charge is 2.27. The summed E-state index contributed by atoms with van der Waals surface area (Å²) >= 11 is 1.64. The lowest BCUT2D eigenvalue weighted by atomic mass is 9.89. The fourth-order valence-corrected chi connectivity index (χ4v) is 4.50. The lowest BCUT2D eigenvalue weighted by Gasteiger charge is -2.32. The second-order valence-corrected chi connectivity index (χ2v) is 8.29. The number of hydrogen-bond donors (Lipinski definition) is 1. The summed E-state index contributed by atoms with van der Waals surface area (Å²) in [5.74, 6) is 1.99. The van der Waals surface area contributed by atoms with Crippen molar-refractivity contribution in [3.63, 3.8) is 0 Å². The quantitative estimate of drug-likeness (QED) is 0.519. The van der Waals surface area contributed by atoms with Crippen LogP contribution in [0.3, 0.4) is 0 Å². The first-order valence-electron chi connectivity index (χ1n) is 9.95. The van der Waals surface area contributed by atoms with E-state index in [1.54, 1.807) is 15.9 Å². The van der Waals surface area contributed by atoms with Crippen molar-refractivity contribution in [1.29, 1.82) is 0 Å². The Kier molecular flexibility index (Phi) is 4.99. The van der Waals surface area contributed by atoms with Crippen LogP contribution in [0.5, 0.6) is 0 Å². The van der Waals surface area contributed by atoms with E-state index < -0.39 is 0 Å². The lowest BCUT2D eigenvalue weighted by molar-refractivity contribution is -0.0238. The summed E-state index contributed by atoms with van der Waals surface area (Å²) in [5, 5.41) is 20.9. The van der Waals surface area contributed by atoms with E-state index >= 15 is 0 Å². The average molecular weight is 406 g/mol. The Morgan fingerprint density at radius 1 is 1.14 bits per heavy atom. The molecule has 0 saturated carbocycles. The number of anilines is 1. The van der Waals surface area contributed by atoms with E-state index in [0.29, 0.717) is 5.92 Å². The van der Waals surface area contributed by atoms with E-state index in [1.165, 1.54) is 11.1 Å². The minimum atomic E-state index is 0.122. The van der Waals surface area contributed by atoms with Gasteiger partial charge in [-0.25, -0.2) is 0 Å². The van der Waals surface area contributed by atoms with Crippen LogP contribution in [0.15, 0.2) is 53.2 Å². The molecular formula is C22H23N5OS. The predicted octanol–water partition coefficient (Wildman–Crippen LogP) is 4.74. The average Bonchev–Trinajstić information content (AvgIpc) is 3.42. The zero-order chi connectivity index (χ0) is 19.6. The minimum absolute atomic E-state index is 0.122. The molecule has 1 fully saturated rings. The van der Waals surface area contributed by atoms with Gasteiger partial charge in [0.2, 0.25) is 0 Å². The van der Waals surface area contributed by atoms with E-state index in [9.17, 15) is 0 Å². The van der Waals surface area contributed by atoms with E-state index in [4.69, 9.17) is 9.84 Å². The number of nitrogens with zero attached hydrogens (tertiary/aromatic N) is 4. The summed E-state index contributed by atoms with van der Waals surface area (Å²) in [6, 6.07) is 14.6. The van der Waals surface area contributed by atoms with Crippen LogP contribution >= 0.6 is 11.3 Å². The van der Waals surface area contributed by atoms with Crippen molar-refractivity contribution in [2.24, 2.45) is 5.92 Å². The Morgan fingerprint density at radius 3 is 2.86 bits per heavy atom. The minimum Gasteiger partial charge on any atom is -0.373 e. The molecule has 1 aliphatic heterocycles. The van der Waals surface area contributed by atoms with Crippen molar-refractivity contribution in [2.75, 3.05) is 18.5 Å². The number of thiophene rings is 1. The second kappa shape index (κ2) is 7.93. The molecule has 148 valence electrons. The van der Waals surface area contributed by atoms with Crippen molar-refractivity contribution in [2.45, 2.75) is 25.9 Å². The molecule has 6 nitrogen and oxygen atoms in total. The molecule has 1 N–H and O–H groups in total. The molecule has 2 atom stereocenters.